The Morgan fingerprint density at radius 3 is 2.28 bits per heavy atom. The van der Waals surface area contributed by atoms with Crippen LogP contribution in [0.15, 0.2) is 53.4 Å². The van der Waals surface area contributed by atoms with Crippen LogP contribution in [0.25, 0.3) is 0 Å². The van der Waals surface area contributed by atoms with Crippen LogP contribution < -0.4 is 10.6 Å². The lowest BCUT2D eigenvalue weighted by Crippen LogP contribution is -2.31. The predicted molar refractivity (Wildman–Crippen MR) is 113 cm³/mol. The van der Waals surface area contributed by atoms with Gasteiger partial charge >= 0.3 is 0 Å². The van der Waals surface area contributed by atoms with Crippen LogP contribution in [-0.4, -0.2) is 44.2 Å². The first-order chi connectivity index (χ1) is 13.8. The monoisotopic (exact) mass is 417 g/mol. The van der Waals surface area contributed by atoms with Crippen LogP contribution in [0.1, 0.15) is 36.2 Å². The first-order valence-electron chi connectivity index (χ1n) is 9.53. The topological polar surface area (TPSA) is 95.6 Å². The molecule has 8 heteroatoms. The van der Waals surface area contributed by atoms with Crippen molar-refractivity contribution >= 4 is 27.5 Å². The molecule has 0 spiro atoms. The number of aryl methyl sites for hydroxylation is 1. The van der Waals surface area contributed by atoms with Crippen LogP contribution in [0.5, 0.6) is 0 Å². The average molecular weight is 418 g/mol. The summed E-state index contributed by atoms with van der Waals surface area (Å²) < 4.78 is 27.0. The van der Waals surface area contributed by atoms with Crippen LogP contribution in [0, 0.1) is 6.92 Å². The molecular weight excluding hydrogens is 390 g/mol. The maximum absolute atomic E-state index is 12.8. The quantitative estimate of drug-likeness (QED) is 0.656. The van der Waals surface area contributed by atoms with Gasteiger partial charge in [0.05, 0.1) is 4.90 Å². The van der Waals surface area contributed by atoms with Crippen molar-refractivity contribution in [3.63, 3.8) is 0 Å². The first-order valence-corrected chi connectivity index (χ1v) is 11.0. The van der Waals surface area contributed by atoms with Crippen molar-refractivity contribution < 1.29 is 18.0 Å². The van der Waals surface area contributed by atoms with E-state index in [4.69, 9.17) is 0 Å². The number of sulfonamides is 1. The Morgan fingerprint density at radius 1 is 1.00 bits per heavy atom. The summed E-state index contributed by atoms with van der Waals surface area (Å²) in [5.41, 5.74) is 1.54. The largest absolute Gasteiger partial charge is 0.352 e. The van der Waals surface area contributed by atoms with Crippen LogP contribution in [0.4, 0.5) is 5.69 Å². The fourth-order valence-corrected chi connectivity index (χ4v) is 4.57. The van der Waals surface area contributed by atoms with Gasteiger partial charge in [-0.2, -0.15) is 4.31 Å². The Labute approximate surface area is 172 Å². The Morgan fingerprint density at radius 2 is 1.66 bits per heavy atom. The van der Waals surface area contributed by atoms with E-state index >= 15 is 0 Å². The van der Waals surface area contributed by atoms with Gasteiger partial charge in [0.2, 0.25) is 15.9 Å². The summed E-state index contributed by atoms with van der Waals surface area (Å²) in [5.74, 6) is -0.560. The van der Waals surface area contributed by atoms with Crippen molar-refractivity contribution in [2.24, 2.45) is 0 Å². The number of nitrogens with zero attached hydrogens (tertiary/aromatic N) is 1. The van der Waals surface area contributed by atoms with Gasteiger partial charge in [-0.05, 0) is 36.8 Å². The zero-order valence-corrected chi connectivity index (χ0v) is 17.8. The minimum Gasteiger partial charge on any atom is -0.352 e. The zero-order chi connectivity index (χ0) is 21.4. The smallest absolute Gasteiger partial charge is 0.251 e. The molecule has 2 aromatic rings. The Hall–Kier alpha value is -2.71. The third-order valence-electron chi connectivity index (χ3n) is 4.47. The molecule has 0 saturated heterocycles. The number of hydrogen-bond donors (Lipinski definition) is 2. The molecule has 2 rings (SSSR count). The SMILES string of the molecule is CCN(CC)S(=O)(=O)c1cc(NC(=O)CCNC(=O)c2ccccc2)ccc1C. The summed E-state index contributed by atoms with van der Waals surface area (Å²) in [5, 5.41) is 5.39. The summed E-state index contributed by atoms with van der Waals surface area (Å²) in [6, 6.07) is 13.6. The van der Waals surface area contributed by atoms with E-state index < -0.39 is 10.0 Å². The van der Waals surface area contributed by atoms with Crippen LogP contribution in [-0.2, 0) is 14.8 Å². The molecule has 0 fully saturated rings. The normalized spacial score (nSPS) is 11.3. The molecule has 2 aromatic carbocycles. The Balaban J connectivity index is 1.99. The molecule has 0 heterocycles. The van der Waals surface area contributed by atoms with E-state index in [2.05, 4.69) is 10.6 Å². The highest BCUT2D eigenvalue weighted by Gasteiger charge is 2.24. The lowest BCUT2D eigenvalue weighted by atomic mass is 10.2. The van der Waals surface area contributed by atoms with Gasteiger partial charge in [0.15, 0.2) is 0 Å². The second-order valence-corrected chi connectivity index (χ2v) is 8.40. The molecule has 0 aromatic heterocycles. The van der Waals surface area contributed by atoms with E-state index in [-0.39, 0.29) is 29.7 Å². The summed E-state index contributed by atoms with van der Waals surface area (Å²) in [6.45, 7) is 6.21. The van der Waals surface area contributed by atoms with Crippen molar-refractivity contribution in [3.05, 3.63) is 59.7 Å². The molecule has 0 radical (unpaired) electrons. The second kappa shape index (κ2) is 10.2. The molecule has 0 aliphatic carbocycles. The van der Waals surface area contributed by atoms with E-state index in [1.165, 1.54) is 10.4 Å². The molecule has 7 nitrogen and oxygen atoms in total. The van der Waals surface area contributed by atoms with Crippen molar-refractivity contribution in [2.45, 2.75) is 32.1 Å². The summed E-state index contributed by atoms with van der Waals surface area (Å²) in [7, 11) is -3.62. The molecule has 29 heavy (non-hydrogen) atoms. The number of benzene rings is 2. The predicted octanol–water partition coefficient (Wildman–Crippen LogP) is 2.78. The van der Waals surface area contributed by atoms with E-state index in [0.29, 0.717) is 29.9 Å². The van der Waals surface area contributed by atoms with E-state index in [0.717, 1.165) is 0 Å². The third kappa shape index (κ3) is 5.88. The maximum Gasteiger partial charge on any atom is 0.251 e. The Kier molecular flexibility index (Phi) is 7.92. The first kappa shape index (κ1) is 22.6. The van der Waals surface area contributed by atoms with Crippen molar-refractivity contribution in [2.75, 3.05) is 25.0 Å². The second-order valence-electron chi connectivity index (χ2n) is 6.49. The van der Waals surface area contributed by atoms with Gasteiger partial charge in [0.25, 0.3) is 5.91 Å². The van der Waals surface area contributed by atoms with E-state index in [1.807, 2.05) is 6.07 Å². The molecule has 0 unspecified atom stereocenters. The van der Waals surface area contributed by atoms with Crippen LogP contribution in [0.3, 0.4) is 0 Å². The minimum absolute atomic E-state index is 0.0740. The summed E-state index contributed by atoms with van der Waals surface area (Å²) >= 11 is 0. The molecule has 0 bridgehead atoms. The lowest BCUT2D eigenvalue weighted by molar-refractivity contribution is -0.116. The molecule has 156 valence electrons. The number of carbonyl (C=O) groups excluding carboxylic acids is 2. The maximum atomic E-state index is 12.8. The van der Waals surface area contributed by atoms with Crippen molar-refractivity contribution in [3.8, 4) is 0 Å². The van der Waals surface area contributed by atoms with E-state index in [9.17, 15) is 18.0 Å². The zero-order valence-electron chi connectivity index (χ0n) is 16.9. The summed E-state index contributed by atoms with van der Waals surface area (Å²) in [6.07, 6.45) is 0.0740. The van der Waals surface area contributed by atoms with Gasteiger partial charge in [0.1, 0.15) is 0 Å². The molecule has 0 aliphatic rings. The van der Waals surface area contributed by atoms with Crippen LogP contribution >= 0.6 is 0 Å². The van der Waals surface area contributed by atoms with Gasteiger partial charge in [-0.3, -0.25) is 9.59 Å². The fourth-order valence-electron chi connectivity index (χ4n) is 2.86. The standard InChI is InChI=1S/C21H27N3O4S/c1-4-24(5-2)29(27,28)19-15-18(12-11-16(19)3)23-20(25)13-14-22-21(26)17-9-7-6-8-10-17/h6-12,15H,4-5,13-14H2,1-3H3,(H,22,26)(H,23,25). The van der Waals surface area contributed by atoms with Crippen molar-refractivity contribution in [1.29, 1.82) is 0 Å². The van der Waals surface area contributed by atoms with Gasteiger partial charge in [0, 0.05) is 37.3 Å². The number of carbonyl (C=O) groups is 2. The lowest BCUT2D eigenvalue weighted by Gasteiger charge is -2.20. The van der Waals surface area contributed by atoms with Gasteiger partial charge in [-0.1, -0.05) is 38.1 Å². The number of nitrogens with one attached hydrogen (secondary N) is 2. The number of amides is 2. The van der Waals surface area contributed by atoms with Gasteiger partial charge in [-0.15, -0.1) is 0 Å². The molecule has 0 saturated carbocycles. The highest BCUT2D eigenvalue weighted by atomic mass is 32.2. The number of hydrogen-bond acceptors (Lipinski definition) is 4. The average Bonchev–Trinajstić information content (AvgIpc) is 2.70. The fraction of sp³-hybridized carbons (Fsp3) is 0.333. The van der Waals surface area contributed by atoms with Gasteiger partial charge in [-0.25, -0.2) is 8.42 Å². The number of rotatable bonds is 9. The van der Waals surface area contributed by atoms with Crippen molar-refractivity contribution in [1.82, 2.24) is 9.62 Å². The Bertz CT molecular complexity index is 955. The highest BCUT2D eigenvalue weighted by Crippen LogP contribution is 2.23. The molecular formula is C21H27N3O4S. The number of anilines is 1. The van der Waals surface area contributed by atoms with Gasteiger partial charge < -0.3 is 10.6 Å². The molecule has 2 N–H and O–H groups in total. The molecule has 0 aliphatic heterocycles. The molecule has 2 amide bonds. The van der Waals surface area contributed by atoms with E-state index in [1.54, 1.807) is 57.2 Å². The minimum atomic E-state index is -3.62. The van der Waals surface area contributed by atoms with Crippen LogP contribution in [0.2, 0.25) is 0 Å². The highest BCUT2D eigenvalue weighted by molar-refractivity contribution is 7.89. The summed E-state index contributed by atoms with van der Waals surface area (Å²) in [4.78, 5) is 24.4. The third-order valence-corrected chi connectivity index (χ3v) is 6.66. The molecule has 0 atom stereocenters.